The Balaban J connectivity index is 0.000000405. The van der Waals surface area contributed by atoms with E-state index in [4.69, 9.17) is 14.3 Å². The molecule has 2 aromatic carbocycles. The van der Waals surface area contributed by atoms with E-state index >= 15 is 0 Å². The Morgan fingerprint density at radius 3 is 2.51 bits per heavy atom. The first kappa shape index (κ1) is 25.2. The second-order valence-electron chi connectivity index (χ2n) is 7.55. The lowest BCUT2D eigenvalue weighted by Crippen LogP contribution is -2.31. The number of anilines is 4. The number of carboxylic acids is 1. The number of carbonyl (C=O) groups is 2. The monoisotopic (exact) mass is 520 g/mol. The third-order valence-electron chi connectivity index (χ3n) is 4.95. The number of benzene rings is 2. The van der Waals surface area contributed by atoms with Gasteiger partial charge in [-0.3, -0.25) is 9.78 Å². The second-order valence-corrected chi connectivity index (χ2v) is 7.55. The number of fused-ring (bicyclic) bond motifs is 2. The molecule has 37 heavy (non-hydrogen) atoms. The van der Waals surface area contributed by atoms with Crippen LogP contribution >= 0.6 is 0 Å². The molecule has 0 aliphatic carbocycles. The number of aromatic nitrogens is 3. The van der Waals surface area contributed by atoms with Crippen LogP contribution in [0.1, 0.15) is 15.9 Å². The Kier molecular flexibility index (Phi) is 6.77. The van der Waals surface area contributed by atoms with Crippen molar-refractivity contribution in [3.63, 3.8) is 0 Å². The van der Waals surface area contributed by atoms with E-state index in [0.717, 1.165) is 18.2 Å². The maximum Gasteiger partial charge on any atom is 0.490 e. The molecule has 5 rings (SSSR count). The summed E-state index contributed by atoms with van der Waals surface area (Å²) in [5.74, 6) is -3.89. The number of nitrogens with zero attached hydrogens (tertiary/aromatic N) is 2. The van der Waals surface area contributed by atoms with Gasteiger partial charge < -0.3 is 25.5 Å². The quantitative estimate of drug-likeness (QED) is 0.254. The molecule has 3 heterocycles. The summed E-state index contributed by atoms with van der Waals surface area (Å²) in [5.41, 5.74) is 3.66. The molecule has 0 bridgehead atoms. The van der Waals surface area contributed by atoms with Gasteiger partial charge in [0, 0.05) is 23.5 Å². The first-order valence-electron chi connectivity index (χ1n) is 10.4. The molecule has 0 radical (unpaired) electrons. The van der Waals surface area contributed by atoms with Gasteiger partial charge in [0.2, 0.25) is 5.95 Å². The number of hydrogen-bond acceptors (Lipinski definition) is 8. The van der Waals surface area contributed by atoms with Gasteiger partial charge in [0.05, 0.1) is 11.7 Å². The van der Waals surface area contributed by atoms with E-state index in [2.05, 4.69) is 30.9 Å². The number of alkyl halides is 3. The number of hydrogen-bond donors (Lipinski definition) is 5. The van der Waals surface area contributed by atoms with Crippen LogP contribution in [-0.4, -0.2) is 44.7 Å². The molecule has 0 fully saturated rings. The fourth-order valence-electron chi connectivity index (χ4n) is 3.32. The van der Waals surface area contributed by atoms with Crippen molar-refractivity contribution in [2.75, 3.05) is 17.2 Å². The van der Waals surface area contributed by atoms with Gasteiger partial charge >= 0.3 is 17.9 Å². The number of carbonyl (C=O) groups excluding carboxylic acids is 1. The van der Waals surface area contributed by atoms with Gasteiger partial charge in [0.1, 0.15) is 0 Å². The maximum atomic E-state index is 14.2. The van der Waals surface area contributed by atoms with Crippen LogP contribution in [0, 0.1) is 5.82 Å². The van der Waals surface area contributed by atoms with E-state index in [1.54, 1.807) is 30.3 Å². The van der Waals surface area contributed by atoms with Gasteiger partial charge in [-0.05, 0) is 48.4 Å². The van der Waals surface area contributed by atoms with E-state index < -0.39 is 23.7 Å². The lowest BCUT2D eigenvalue weighted by molar-refractivity contribution is -0.192. The first-order valence-corrected chi connectivity index (χ1v) is 10.4. The fourth-order valence-corrected chi connectivity index (χ4v) is 3.32. The van der Waals surface area contributed by atoms with Crippen LogP contribution < -0.4 is 21.7 Å². The molecule has 0 saturated carbocycles. The van der Waals surface area contributed by atoms with E-state index in [0.29, 0.717) is 34.6 Å². The SMILES string of the molecule is O=C(O)C(F)(F)F.O=C1NCCc2cc(Nc3ncc(F)c(Nc4ccc5oc(=O)[nH]c5c4)n3)ccc21. The molecule has 11 nitrogen and oxygen atoms in total. The van der Waals surface area contributed by atoms with Gasteiger partial charge in [-0.2, -0.15) is 18.2 Å². The van der Waals surface area contributed by atoms with E-state index in [-0.39, 0.29) is 17.7 Å². The van der Waals surface area contributed by atoms with Crippen molar-refractivity contribution in [2.24, 2.45) is 0 Å². The minimum atomic E-state index is -5.08. The Bertz CT molecular complexity index is 1550. The van der Waals surface area contributed by atoms with Gasteiger partial charge in [-0.15, -0.1) is 0 Å². The molecule has 0 unspecified atom stereocenters. The summed E-state index contributed by atoms with van der Waals surface area (Å²) in [6, 6.07) is 10.2. The van der Waals surface area contributed by atoms with Crippen LogP contribution in [0.4, 0.5) is 40.7 Å². The van der Waals surface area contributed by atoms with Gasteiger partial charge in [-0.1, -0.05) is 0 Å². The van der Waals surface area contributed by atoms with Crippen LogP contribution in [0.15, 0.2) is 51.8 Å². The number of carboxylic acid groups (broad SMARTS) is 1. The molecule has 1 aliphatic heterocycles. The predicted octanol–water partition coefficient (Wildman–Crippen LogP) is 3.46. The minimum absolute atomic E-state index is 0.0324. The third-order valence-corrected chi connectivity index (χ3v) is 4.95. The number of rotatable bonds is 4. The summed E-state index contributed by atoms with van der Waals surface area (Å²) in [6.07, 6.45) is -3.30. The molecule has 1 amide bonds. The summed E-state index contributed by atoms with van der Waals surface area (Å²) < 4.78 is 50.9. The van der Waals surface area contributed by atoms with Crippen molar-refractivity contribution in [2.45, 2.75) is 12.6 Å². The number of nitrogens with one attached hydrogen (secondary N) is 4. The van der Waals surface area contributed by atoms with Crippen LogP contribution in [0.3, 0.4) is 0 Å². The first-order chi connectivity index (χ1) is 17.5. The number of oxazole rings is 1. The van der Waals surface area contributed by atoms with Gasteiger partial charge in [-0.25, -0.2) is 19.0 Å². The summed E-state index contributed by atoms with van der Waals surface area (Å²) >= 11 is 0. The van der Waals surface area contributed by atoms with Crippen molar-refractivity contribution in [1.82, 2.24) is 20.3 Å². The lowest BCUT2D eigenvalue weighted by atomic mass is 10.00. The Labute approximate surface area is 203 Å². The number of aromatic amines is 1. The largest absolute Gasteiger partial charge is 0.490 e. The summed E-state index contributed by atoms with van der Waals surface area (Å²) in [5, 5.41) is 15.8. The highest BCUT2D eigenvalue weighted by atomic mass is 19.4. The molecule has 4 aromatic rings. The van der Waals surface area contributed by atoms with Crippen LogP contribution in [0.5, 0.6) is 0 Å². The van der Waals surface area contributed by atoms with Crippen LogP contribution in [0.2, 0.25) is 0 Å². The zero-order valence-electron chi connectivity index (χ0n) is 18.4. The molecular weight excluding hydrogens is 504 g/mol. The van der Waals surface area contributed by atoms with Crippen molar-refractivity contribution >= 4 is 46.1 Å². The Morgan fingerprint density at radius 2 is 1.78 bits per heavy atom. The summed E-state index contributed by atoms with van der Waals surface area (Å²) in [4.78, 5) is 42.8. The van der Waals surface area contributed by atoms with Crippen molar-refractivity contribution in [3.8, 4) is 0 Å². The molecule has 1 aliphatic rings. The fraction of sp³-hybridized carbons (Fsp3) is 0.136. The van der Waals surface area contributed by atoms with Gasteiger partial charge in [0.15, 0.2) is 17.2 Å². The number of halogens is 4. The third kappa shape index (κ3) is 6.01. The molecule has 15 heteroatoms. The summed E-state index contributed by atoms with van der Waals surface area (Å²) in [6.45, 7) is 0.586. The molecule has 2 aromatic heterocycles. The number of H-pyrrole nitrogens is 1. The minimum Gasteiger partial charge on any atom is -0.475 e. The van der Waals surface area contributed by atoms with Crippen molar-refractivity contribution < 1.29 is 36.7 Å². The highest BCUT2D eigenvalue weighted by molar-refractivity contribution is 5.97. The van der Waals surface area contributed by atoms with Gasteiger partial charge in [0.25, 0.3) is 5.91 Å². The van der Waals surface area contributed by atoms with E-state index in [1.807, 2.05) is 6.07 Å². The second kappa shape index (κ2) is 9.96. The molecule has 0 atom stereocenters. The zero-order valence-corrected chi connectivity index (χ0v) is 18.4. The zero-order chi connectivity index (χ0) is 26.7. The Morgan fingerprint density at radius 1 is 1.08 bits per heavy atom. The van der Waals surface area contributed by atoms with E-state index in [9.17, 15) is 27.2 Å². The smallest absolute Gasteiger partial charge is 0.475 e. The van der Waals surface area contributed by atoms with E-state index in [1.165, 1.54) is 0 Å². The lowest BCUT2D eigenvalue weighted by Gasteiger charge is -2.17. The Hall–Kier alpha value is -4.95. The topological polar surface area (TPSA) is 162 Å². The average molecular weight is 520 g/mol. The van der Waals surface area contributed by atoms with Crippen molar-refractivity contribution in [1.29, 1.82) is 0 Å². The average Bonchev–Trinajstić information content (AvgIpc) is 3.20. The standard InChI is InChI=1S/C20H15FN6O3.C2HF3O2/c21-14-9-23-19(25-11-1-3-13-10(7-11)5-6-22-18(13)28)27-17(14)24-12-2-4-16-15(8-12)26-20(29)30-16;3-2(4,5)1(6)7/h1-4,7-9H,5-6H2,(H,22,28)(H,26,29)(H2,23,24,25,27);(H,6,7). The summed E-state index contributed by atoms with van der Waals surface area (Å²) in [7, 11) is 0. The van der Waals surface area contributed by atoms with Crippen molar-refractivity contribution in [3.05, 3.63) is 70.1 Å². The highest BCUT2D eigenvalue weighted by Crippen LogP contribution is 2.24. The predicted molar refractivity (Wildman–Crippen MR) is 122 cm³/mol. The molecule has 5 N–H and O–H groups in total. The molecule has 0 spiro atoms. The van der Waals surface area contributed by atoms with Crippen LogP contribution in [-0.2, 0) is 11.2 Å². The number of aliphatic carboxylic acids is 1. The molecule has 0 saturated heterocycles. The maximum absolute atomic E-state index is 14.2. The number of amides is 1. The highest BCUT2D eigenvalue weighted by Gasteiger charge is 2.38. The molecule has 192 valence electrons. The normalized spacial score (nSPS) is 12.7. The van der Waals surface area contributed by atoms with Crippen LogP contribution in [0.25, 0.3) is 11.1 Å². The molecular formula is C22H16F4N6O5.